The molecule has 0 bridgehead atoms. The highest BCUT2D eigenvalue weighted by molar-refractivity contribution is 9.10. The van der Waals surface area contributed by atoms with Crippen molar-refractivity contribution in [3.63, 3.8) is 0 Å². The largest absolute Gasteiger partial charge is 0.496 e. The van der Waals surface area contributed by atoms with Crippen LogP contribution in [0.25, 0.3) is 0 Å². The Labute approximate surface area is 124 Å². The Morgan fingerprint density at radius 3 is 2.40 bits per heavy atom. The fourth-order valence-electron chi connectivity index (χ4n) is 2.14. The van der Waals surface area contributed by atoms with Crippen LogP contribution in [0.3, 0.4) is 0 Å². The Bertz CT molecular complexity index is 689. The Balaban J connectivity index is 2.62. The lowest BCUT2D eigenvalue weighted by Gasteiger charge is -2.09. The highest BCUT2D eigenvalue weighted by Gasteiger charge is 2.23. The van der Waals surface area contributed by atoms with Crippen molar-refractivity contribution < 1.29 is 18.3 Å². The van der Waals surface area contributed by atoms with Crippen LogP contribution in [0.2, 0.25) is 0 Å². The van der Waals surface area contributed by atoms with Crippen LogP contribution in [-0.2, 0) is 0 Å². The van der Waals surface area contributed by atoms with Gasteiger partial charge in [-0.2, -0.15) is 0 Å². The first-order valence-electron chi connectivity index (χ1n) is 6.01. The number of halogens is 2. The maximum atomic E-state index is 13.5. The van der Waals surface area contributed by atoms with Crippen molar-refractivity contribution >= 4 is 21.7 Å². The molecule has 0 amide bonds. The quantitative estimate of drug-likeness (QED) is 0.780. The normalized spacial score (nSPS) is 10.7. The summed E-state index contributed by atoms with van der Waals surface area (Å²) in [5, 5.41) is 0. The van der Waals surface area contributed by atoms with Crippen LogP contribution in [0.15, 0.2) is 21.0 Å². The lowest BCUT2D eigenvalue weighted by Crippen LogP contribution is -2.07. The number of carbonyl (C=O) groups is 1. The molecule has 0 N–H and O–H groups in total. The van der Waals surface area contributed by atoms with Gasteiger partial charge >= 0.3 is 0 Å². The predicted molar refractivity (Wildman–Crippen MR) is 77.0 cm³/mol. The summed E-state index contributed by atoms with van der Waals surface area (Å²) in [5.41, 5.74) is 1.59. The number of furan rings is 1. The van der Waals surface area contributed by atoms with Crippen molar-refractivity contribution in [2.75, 3.05) is 7.11 Å². The van der Waals surface area contributed by atoms with Gasteiger partial charge in [0, 0.05) is 11.6 Å². The third-order valence-corrected chi connectivity index (χ3v) is 3.88. The molecule has 3 nitrogen and oxygen atoms in total. The van der Waals surface area contributed by atoms with Crippen molar-refractivity contribution in [3.05, 3.63) is 50.6 Å². The van der Waals surface area contributed by atoms with Gasteiger partial charge in [0.15, 0.2) is 0 Å². The Hall–Kier alpha value is -1.62. The minimum atomic E-state index is -0.477. The summed E-state index contributed by atoms with van der Waals surface area (Å²) in [5.74, 6) is 0.733. The van der Waals surface area contributed by atoms with E-state index in [1.165, 1.54) is 19.2 Å². The van der Waals surface area contributed by atoms with Gasteiger partial charge in [0.2, 0.25) is 5.78 Å². The first kappa shape index (κ1) is 14.8. The number of methoxy groups -OCH3 is 1. The number of hydrogen-bond acceptors (Lipinski definition) is 3. The monoisotopic (exact) mass is 340 g/mol. The first-order chi connectivity index (χ1) is 9.36. The fourth-order valence-corrected chi connectivity index (χ4v) is 2.48. The van der Waals surface area contributed by atoms with E-state index in [1.54, 1.807) is 13.8 Å². The molecule has 2 rings (SSSR count). The number of hydrogen-bond donors (Lipinski definition) is 0. The molecule has 2 aromatic rings. The van der Waals surface area contributed by atoms with E-state index in [2.05, 4.69) is 15.9 Å². The van der Waals surface area contributed by atoms with E-state index in [9.17, 15) is 9.18 Å². The minimum Gasteiger partial charge on any atom is -0.496 e. The van der Waals surface area contributed by atoms with E-state index in [4.69, 9.17) is 9.15 Å². The average Bonchev–Trinajstić information content (AvgIpc) is 2.65. The molecule has 0 aliphatic heterocycles. The molecule has 0 aliphatic rings. The number of rotatable bonds is 3. The maximum Gasteiger partial charge on any atom is 0.200 e. The molecule has 0 saturated carbocycles. The van der Waals surface area contributed by atoms with Gasteiger partial charge in [0.25, 0.3) is 0 Å². The van der Waals surface area contributed by atoms with Crippen molar-refractivity contribution in [1.82, 2.24) is 0 Å². The van der Waals surface area contributed by atoms with Gasteiger partial charge < -0.3 is 9.15 Å². The molecule has 0 saturated heterocycles. The van der Waals surface area contributed by atoms with Gasteiger partial charge in [-0.3, -0.25) is 4.79 Å². The average molecular weight is 341 g/mol. The summed E-state index contributed by atoms with van der Waals surface area (Å²) in [6, 6.07) is 2.62. The number of ether oxygens (including phenoxy) is 1. The fraction of sp³-hybridized carbons (Fsp3) is 0.267. The Kier molecular flexibility index (Phi) is 3.99. The van der Waals surface area contributed by atoms with Gasteiger partial charge in [-0.05, 0) is 42.8 Å². The van der Waals surface area contributed by atoms with Gasteiger partial charge in [-0.1, -0.05) is 0 Å². The summed E-state index contributed by atoms with van der Waals surface area (Å²) < 4.78 is 24.3. The minimum absolute atomic E-state index is 0.202. The summed E-state index contributed by atoms with van der Waals surface area (Å²) in [6.45, 7) is 5.36. The van der Waals surface area contributed by atoms with Crippen LogP contribution in [0.1, 0.15) is 33.0 Å². The third-order valence-electron chi connectivity index (χ3n) is 3.28. The summed E-state index contributed by atoms with van der Waals surface area (Å²) >= 11 is 3.09. The predicted octanol–water partition coefficient (Wildman–Crippen LogP) is 4.35. The third kappa shape index (κ3) is 2.38. The summed E-state index contributed by atoms with van der Waals surface area (Å²) in [7, 11) is 1.40. The molecule has 5 heteroatoms. The van der Waals surface area contributed by atoms with E-state index in [1.807, 2.05) is 6.92 Å². The lowest BCUT2D eigenvalue weighted by molar-refractivity contribution is 0.103. The van der Waals surface area contributed by atoms with Crippen LogP contribution in [-0.4, -0.2) is 12.9 Å². The molecule has 1 heterocycles. The smallest absolute Gasteiger partial charge is 0.200 e. The van der Waals surface area contributed by atoms with E-state index >= 15 is 0 Å². The number of carbonyl (C=O) groups excluding carboxylic acids is 1. The van der Waals surface area contributed by atoms with Gasteiger partial charge in [0.1, 0.15) is 23.1 Å². The molecule has 0 fully saturated rings. The van der Waals surface area contributed by atoms with Crippen LogP contribution < -0.4 is 4.74 Å². The number of aryl methyl sites for hydroxylation is 2. The second kappa shape index (κ2) is 5.40. The topological polar surface area (TPSA) is 39.4 Å². The second-order valence-electron chi connectivity index (χ2n) is 4.51. The van der Waals surface area contributed by atoms with Crippen LogP contribution >= 0.6 is 15.9 Å². The zero-order valence-electron chi connectivity index (χ0n) is 11.6. The van der Waals surface area contributed by atoms with Crippen molar-refractivity contribution in [2.45, 2.75) is 20.8 Å². The van der Waals surface area contributed by atoms with Gasteiger partial charge in [-0.15, -0.1) is 0 Å². The standard InChI is InChI=1S/C15H14BrFO3/c1-7-8(2)20-9(3)14(7)15(18)10-5-11(16)12(17)6-13(10)19-4/h5-6H,1-4H3. The molecule has 0 atom stereocenters. The Morgan fingerprint density at radius 2 is 1.90 bits per heavy atom. The molecule has 0 spiro atoms. The maximum absolute atomic E-state index is 13.5. The molecule has 106 valence electrons. The number of ketones is 1. The van der Waals surface area contributed by atoms with Crippen molar-refractivity contribution in [2.24, 2.45) is 0 Å². The molecule has 1 aromatic heterocycles. The molecule has 20 heavy (non-hydrogen) atoms. The van der Waals surface area contributed by atoms with Crippen molar-refractivity contribution in [3.8, 4) is 5.75 Å². The van der Waals surface area contributed by atoms with E-state index in [0.29, 0.717) is 22.6 Å². The number of benzene rings is 1. The van der Waals surface area contributed by atoms with E-state index < -0.39 is 5.82 Å². The lowest BCUT2D eigenvalue weighted by atomic mass is 9.99. The summed E-state index contributed by atoms with van der Waals surface area (Å²) in [4.78, 5) is 12.7. The zero-order valence-corrected chi connectivity index (χ0v) is 13.2. The molecule has 1 aromatic carbocycles. The SMILES string of the molecule is COc1cc(F)c(Br)cc1C(=O)c1c(C)oc(C)c1C. The molecule has 0 aliphatic carbocycles. The highest BCUT2D eigenvalue weighted by Crippen LogP contribution is 2.31. The highest BCUT2D eigenvalue weighted by atomic mass is 79.9. The second-order valence-corrected chi connectivity index (χ2v) is 5.36. The van der Waals surface area contributed by atoms with Gasteiger partial charge in [-0.25, -0.2) is 4.39 Å². The van der Waals surface area contributed by atoms with Crippen molar-refractivity contribution in [1.29, 1.82) is 0 Å². The zero-order chi connectivity index (χ0) is 15.0. The molecule has 0 radical (unpaired) electrons. The first-order valence-corrected chi connectivity index (χ1v) is 6.80. The summed E-state index contributed by atoms with van der Waals surface area (Å²) in [6.07, 6.45) is 0. The van der Waals surface area contributed by atoms with E-state index in [-0.39, 0.29) is 16.0 Å². The van der Waals surface area contributed by atoms with Crippen LogP contribution in [0.4, 0.5) is 4.39 Å². The Morgan fingerprint density at radius 1 is 1.25 bits per heavy atom. The molecule has 0 unspecified atom stereocenters. The molecular formula is C15H14BrFO3. The van der Waals surface area contributed by atoms with E-state index in [0.717, 1.165) is 5.56 Å². The van der Waals surface area contributed by atoms with Gasteiger partial charge in [0.05, 0.1) is 22.7 Å². The van der Waals surface area contributed by atoms with Crippen LogP contribution in [0, 0.1) is 26.6 Å². The van der Waals surface area contributed by atoms with Crippen LogP contribution in [0.5, 0.6) is 5.75 Å². The molecular weight excluding hydrogens is 327 g/mol.